The SMILES string of the molecule is O=C(c1cc(Cl)cc([N+](=O)[O-])c1)N1CCCC(N2CCNCC2=O)C1. The molecule has 9 heteroatoms. The van der Waals surface area contributed by atoms with Gasteiger partial charge in [-0.1, -0.05) is 11.6 Å². The molecular weight excluding hydrogens is 348 g/mol. The van der Waals surface area contributed by atoms with Crippen LogP contribution < -0.4 is 5.32 Å². The van der Waals surface area contributed by atoms with Gasteiger partial charge in [0.05, 0.1) is 11.5 Å². The zero-order valence-electron chi connectivity index (χ0n) is 13.6. The first-order valence-corrected chi connectivity index (χ1v) is 8.58. The summed E-state index contributed by atoms with van der Waals surface area (Å²) in [5.74, 6) is -0.248. The monoisotopic (exact) mass is 366 g/mol. The largest absolute Gasteiger partial charge is 0.337 e. The molecule has 0 aliphatic carbocycles. The van der Waals surface area contributed by atoms with Gasteiger partial charge in [-0.15, -0.1) is 0 Å². The molecule has 2 fully saturated rings. The fraction of sp³-hybridized carbons (Fsp3) is 0.500. The highest BCUT2D eigenvalue weighted by Gasteiger charge is 2.32. The molecule has 1 atom stereocenters. The number of benzene rings is 1. The van der Waals surface area contributed by atoms with E-state index in [4.69, 9.17) is 11.6 Å². The van der Waals surface area contributed by atoms with Crippen molar-refractivity contribution >= 4 is 29.1 Å². The lowest BCUT2D eigenvalue weighted by Crippen LogP contribution is -2.57. The molecule has 2 aliphatic heterocycles. The Hall–Kier alpha value is -2.19. The van der Waals surface area contributed by atoms with E-state index in [-0.39, 0.29) is 34.1 Å². The molecule has 1 N–H and O–H groups in total. The number of non-ortho nitro benzene ring substituents is 1. The Morgan fingerprint density at radius 3 is 2.84 bits per heavy atom. The Kier molecular flexibility index (Phi) is 5.19. The van der Waals surface area contributed by atoms with Crippen molar-refractivity contribution < 1.29 is 14.5 Å². The summed E-state index contributed by atoms with van der Waals surface area (Å²) in [5.41, 5.74) is -0.00632. The summed E-state index contributed by atoms with van der Waals surface area (Å²) in [6.45, 7) is 2.70. The number of likely N-dealkylation sites (tertiary alicyclic amines) is 1. The van der Waals surface area contributed by atoms with E-state index in [1.807, 2.05) is 4.90 Å². The normalized spacial score (nSPS) is 21.3. The summed E-state index contributed by atoms with van der Waals surface area (Å²) in [5, 5.41) is 14.2. The topological polar surface area (TPSA) is 95.8 Å². The second kappa shape index (κ2) is 7.37. The van der Waals surface area contributed by atoms with Crippen molar-refractivity contribution in [2.24, 2.45) is 0 Å². The summed E-state index contributed by atoms with van der Waals surface area (Å²) in [6.07, 6.45) is 1.64. The summed E-state index contributed by atoms with van der Waals surface area (Å²) >= 11 is 5.91. The van der Waals surface area contributed by atoms with Crippen LogP contribution in [-0.4, -0.2) is 65.3 Å². The first-order valence-electron chi connectivity index (χ1n) is 8.20. The van der Waals surface area contributed by atoms with Crippen LogP contribution >= 0.6 is 11.6 Å². The highest BCUT2D eigenvalue weighted by molar-refractivity contribution is 6.31. The number of carbonyl (C=O) groups is 2. The van der Waals surface area contributed by atoms with Crippen LogP contribution in [0, 0.1) is 10.1 Å². The van der Waals surface area contributed by atoms with Crippen LogP contribution in [-0.2, 0) is 4.79 Å². The molecule has 1 aromatic carbocycles. The Bertz CT molecular complexity index is 711. The summed E-state index contributed by atoms with van der Waals surface area (Å²) < 4.78 is 0. The number of nitrogens with one attached hydrogen (secondary N) is 1. The predicted molar refractivity (Wildman–Crippen MR) is 91.6 cm³/mol. The van der Waals surface area contributed by atoms with E-state index in [2.05, 4.69) is 5.32 Å². The molecule has 0 aromatic heterocycles. The van der Waals surface area contributed by atoms with Crippen molar-refractivity contribution in [3.8, 4) is 0 Å². The molecule has 1 unspecified atom stereocenters. The van der Waals surface area contributed by atoms with Crippen molar-refractivity contribution in [3.05, 3.63) is 38.9 Å². The van der Waals surface area contributed by atoms with Crippen LogP contribution in [0.2, 0.25) is 5.02 Å². The number of rotatable bonds is 3. The Balaban J connectivity index is 1.76. The highest BCUT2D eigenvalue weighted by Crippen LogP contribution is 2.24. The maximum absolute atomic E-state index is 12.8. The van der Waals surface area contributed by atoms with E-state index in [1.54, 1.807) is 4.90 Å². The zero-order valence-corrected chi connectivity index (χ0v) is 14.4. The van der Waals surface area contributed by atoms with E-state index >= 15 is 0 Å². The third kappa shape index (κ3) is 3.91. The molecule has 0 saturated carbocycles. The molecule has 2 amide bonds. The minimum absolute atomic E-state index is 0.0125. The molecule has 2 saturated heterocycles. The van der Waals surface area contributed by atoms with Gasteiger partial charge in [0.1, 0.15) is 0 Å². The van der Waals surface area contributed by atoms with E-state index < -0.39 is 4.92 Å². The molecule has 0 bridgehead atoms. The molecule has 0 spiro atoms. The minimum Gasteiger partial charge on any atom is -0.337 e. The number of nitro benzene ring substituents is 1. The van der Waals surface area contributed by atoms with E-state index in [0.29, 0.717) is 26.2 Å². The number of piperidine rings is 1. The zero-order chi connectivity index (χ0) is 18.0. The fourth-order valence-corrected chi connectivity index (χ4v) is 3.62. The second-order valence-corrected chi connectivity index (χ2v) is 6.70. The molecule has 8 nitrogen and oxygen atoms in total. The van der Waals surface area contributed by atoms with E-state index in [9.17, 15) is 19.7 Å². The van der Waals surface area contributed by atoms with Crippen molar-refractivity contribution in [2.45, 2.75) is 18.9 Å². The minimum atomic E-state index is -0.568. The van der Waals surface area contributed by atoms with Gasteiger partial charge in [0.25, 0.3) is 11.6 Å². The number of amides is 2. The maximum atomic E-state index is 12.8. The predicted octanol–water partition coefficient (Wildman–Crippen LogP) is 1.28. The Morgan fingerprint density at radius 2 is 2.12 bits per heavy atom. The number of hydrogen-bond acceptors (Lipinski definition) is 5. The highest BCUT2D eigenvalue weighted by atomic mass is 35.5. The van der Waals surface area contributed by atoms with Gasteiger partial charge in [-0.25, -0.2) is 0 Å². The number of carbonyl (C=O) groups excluding carboxylic acids is 2. The molecule has 0 radical (unpaired) electrons. The number of piperazine rings is 1. The Labute approximate surface area is 149 Å². The summed E-state index contributed by atoms with van der Waals surface area (Å²) in [6, 6.07) is 3.89. The number of nitro groups is 1. The molecule has 3 rings (SSSR count). The van der Waals surface area contributed by atoms with Crippen molar-refractivity contribution in [2.75, 3.05) is 32.7 Å². The average molecular weight is 367 g/mol. The molecule has 1 aromatic rings. The third-order valence-corrected chi connectivity index (χ3v) is 4.81. The van der Waals surface area contributed by atoms with Crippen LogP contribution in [0.5, 0.6) is 0 Å². The van der Waals surface area contributed by atoms with Gasteiger partial charge in [-0.3, -0.25) is 19.7 Å². The lowest BCUT2D eigenvalue weighted by atomic mass is 10.0. The molecule has 134 valence electrons. The third-order valence-electron chi connectivity index (χ3n) is 4.59. The van der Waals surface area contributed by atoms with E-state index in [1.165, 1.54) is 18.2 Å². The molecule has 25 heavy (non-hydrogen) atoms. The molecule has 2 heterocycles. The van der Waals surface area contributed by atoms with Crippen molar-refractivity contribution in [1.82, 2.24) is 15.1 Å². The van der Waals surface area contributed by atoms with Gasteiger partial charge < -0.3 is 15.1 Å². The smallest absolute Gasteiger partial charge is 0.271 e. The average Bonchev–Trinajstić information content (AvgIpc) is 2.61. The van der Waals surface area contributed by atoms with Crippen LogP contribution in [0.15, 0.2) is 18.2 Å². The fourth-order valence-electron chi connectivity index (χ4n) is 3.39. The van der Waals surface area contributed by atoms with E-state index in [0.717, 1.165) is 19.4 Å². The lowest BCUT2D eigenvalue weighted by molar-refractivity contribution is -0.384. The first kappa shape index (κ1) is 17.6. The maximum Gasteiger partial charge on any atom is 0.271 e. The first-order chi connectivity index (χ1) is 12.0. The van der Waals surface area contributed by atoms with Gasteiger partial charge in [-0.2, -0.15) is 0 Å². The Morgan fingerprint density at radius 1 is 1.32 bits per heavy atom. The second-order valence-electron chi connectivity index (χ2n) is 6.27. The van der Waals surface area contributed by atoms with Crippen LogP contribution in [0.25, 0.3) is 0 Å². The lowest BCUT2D eigenvalue weighted by Gasteiger charge is -2.41. The molecular formula is C16H19ClN4O4. The van der Waals surface area contributed by atoms with Gasteiger partial charge in [0, 0.05) is 54.9 Å². The summed E-state index contributed by atoms with van der Waals surface area (Å²) in [4.78, 5) is 38.7. The van der Waals surface area contributed by atoms with Crippen molar-refractivity contribution in [1.29, 1.82) is 0 Å². The van der Waals surface area contributed by atoms with Crippen LogP contribution in [0.4, 0.5) is 5.69 Å². The standard InChI is InChI=1S/C16H19ClN4O4/c17-12-6-11(7-14(8-12)21(24)25)16(23)19-4-1-2-13(10-19)20-5-3-18-9-15(20)22/h6-8,13,18H,1-5,9-10H2. The van der Waals surface area contributed by atoms with Crippen molar-refractivity contribution in [3.63, 3.8) is 0 Å². The number of hydrogen-bond donors (Lipinski definition) is 1. The number of halogens is 1. The molecule has 2 aliphatic rings. The van der Waals surface area contributed by atoms with Gasteiger partial charge in [0.15, 0.2) is 0 Å². The van der Waals surface area contributed by atoms with Crippen LogP contribution in [0.1, 0.15) is 23.2 Å². The van der Waals surface area contributed by atoms with Crippen LogP contribution in [0.3, 0.4) is 0 Å². The summed E-state index contributed by atoms with van der Waals surface area (Å²) in [7, 11) is 0. The van der Waals surface area contributed by atoms with Gasteiger partial charge in [0.2, 0.25) is 5.91 Å². The van der Waals surface area contributed by atoms with Gasteiger partial charge >= 0.3 is 0 Å². The quantitative estimate of drug-likeness (QED) is 0.642. The number of nitrogens with zero attached hydrogens (tertiary/aromatic N) is 3. The van der Waals surface area contributed by atoms with Gasteiger partial charge in [-0.05, 0) is 18.9 Å².